The third-order valence-corrected chi connectivity index (χ3v) is 2.44. The maximum atomic E-state index is 11.9. The van der Waals surface area contributed by atoms with E-state index in [1.165, 1.54) is 7.11 Å². The largest absolute Gasteiger partial charge is 0.480 e. The summed E-state index contributed by atoms with van der Waals surface area (Å²) in [5.74, 6) is -1.10. The van der Waals surface area contributed by atoms with E-state index >= 15 is 0 Å². The molecule has 1 aromatic carbocycles. The van der Waals surface area contributed by atoms with Crippen molar-refractivity contribution >= 4 is 17.7 Å². The first-order valence-corrected chi connectivity index (χ1v) is 5.83. The number of nitrogens with zero attached hydrogens (tertiary/aromatic N) is 2. The third-order valence-electron chi connectivity index (χ3n) is 2.44. The minimum atomic E-state index is -1.10. The van der Waals surface area contributed by atoms with Crippen molar-refractivity contribution in [3.8, 4) is 6.07 Å². The molecule has 0 saturated carbocycles. The maximum absolute atomic E-state index is 11.9. The van der Waals surface area contributed by atoms with Gasteiger partial charge in [0.1, 0.15) is 6.54 Å². The quantitative estimate of drug-likeness (QED) is 0.811. The van der Waals surface area contributed by atoms with E-state index in [1.807, 2.05) is 6.07 Å². The van der Waals surface area contributed by atoms with Crippen LogP contribution < -0.4 is 5.32 Å². The fourth-order valence-electron chi connectivity index (χ4n) is 1.45. The van der Waals surface area contributed by atoms with Gasteiger partial charge in [-0.1, -0.05) is 0 Å². The molecule has 0 aliphatic rings. The second kappa shape index (κ2) is 7.76. The summed E-state index contributed by atoms with van der Waals surface area (Å²) in [6.45, 7) is 0.00442. The molecule has 2 amide bonds. The summed E-state index contributed by atoms with van der Waals surface area (Å²) < 4.78 is 4.83. The number of carbonyl (C=O) groups is 2. The fourth-order valence-corrected chi connectivity index (χ4v) is 1.45. The van der Waals surface area contributed by atoms with Gasteiger partial charge in [0.25, 0.3) is 0 Å². The number of hydrogen-bond donors (Lipinski definition) is 2. The van der Waals surface area contributed by atoms with Crippen molar-refractivity contribution < 1.29 is 19.4 Å². The zero-order valence-corrected chi connectivity index (χ0v) is 11.0. The summed E-state index contributed by atoms with van der Waals surface area (Å²) >= 11 is 0. The number of nitriles is 1. The molecule has 0 aromatic heterocycles. The average Bonchev–Trinajstić information content (AvgIpc) is 2.43. The lowest BCUT2D eigenvalue weighted by atomic mass is 10.2. The van der Waals surface area contributed by atoms with Gasteiger partial charge in [-0.05, 0) is 24.3 Å². The highest BCUT2D eigenvalue weighted by Crippen LogP contribution is 2.09. The molecule has 0 aliphatic heterocycles. The Morgan fingerprint density at radius 1 is 1.40 bits per heavy atom. The minimum Gasteiger partial charge on any atom is -0.480 e. The second-order valence-corrected chi connectivity index (χ2v) is 3.93. The molecular formula is C13H15N3O4. The van der Waals surface area contributed by atoms with E-state index in [1.54, 1.807) is 24.3 Å². The smallest absolute Gasteiger partial charge is 0.323 e. The van der Waals surface area contributed by atoms with Gasteiger partial charge in [0, 0.05) is 19.3 Å². The highest BCUT2D eigenvalue weighted by Gasteiger charge is 2.16. The number of ether oxygens (including phenoxy) is 1. The number of anilines is 1. The molecule has 0 bridgehead atoms. The van der Waals surface area contributed by atoms with Gasteiger partial charge >= 0.3 is 12.0 Å². The monoisotopic (exact) mass is 277 g/mol. The predicted octanol–water partition coefficient (Wildman–Crippen LogP) is 1.12. The topological polar surface area (TPSA) is 103 Å². The van der Waals surface area contributed by atoms with Crippen molar-refractivity contribution in [2.75, 3.05) is 32.1 Å². The van der Waals surface area contributed by atoms with E-state index in [4.69, 9.17) is 15.1 Å². The lowest BCUT2D eigenvalue weighted by molar-refractivity contribution is -0.137. The number of urea groups is 1. The van der Waals surface area contributed by atoms with Crippen LogP contribution >= 0.6 is 0 Å². The number of nitrogens with one attached hydrogen (secondary N) is 1. The van der Waals surface area contributed by atoms with Crippen molar-refractivity contribution in [2.45, 2.75) is 0 Å². The van der Waals surface area contributed by atoms with Crippen LogP contribution in [0.1, 0.15) is 5.56 Å². The number of carboxylic acids is 1. The Bertz CT molecular complexity index is 507. The summed E-state index contributed by atoms with van der Waals surface area (Å²) in [6.07, 6.45) is 0. The van der Waals surface area contributed by atoms with Crippen LogP contribution in [-0.2, 0) is 9.53 Å². The van der Waals surface area contributed by atoms with E-state index in [2.05, 4.69) is 5.32 Å². The van der Waals surface area contributed by atoms with E-state index in [0.29, 0.717) is 11.3 Å². The maximum Gasteiger partial charge on any atom is 0.323 e. The van der Waals surface area contributed by atoms with E-state index < -0.39 is 18.5 Å². The molecule has 1 aromatic rings. The van der Waals surface area contributed by atoms with Crippen molar-refractivity contribution in [1.82, 2.24) is 4.90 Å². The number of aliphatic carboxylic acids is 1. The van der Waals surface area contributed by atoms with E-state index in [0.717, 1.165) is 4.90 Å². The molecule has 7 heteroatoms. The summed E-state index contributed by atoms with van der Waals surface area (Å²) in [5.41, 5.74) is 0.964. The van der Waals surface area contributed by atoms with E-state index in [-0.39, 0.29) is 13.2 Å². The van der Waals surface area contributed by atoms with Crippen LogP contribution in [0, 0.1) is 11.3 Å². The zero-order chi connectivity index (χ0) is 15.0. The summed E-state index contributed by atoms with van der Waals surface area (Å²) in [4.78, 5) is 23.8. The standard InChI is InChI=1S/C13H15N3O4/c1-20-7-6-16(9-12(17)18)13(19)15-11-4-2-10(8-14)3-5-11/h2-5H,6-7,9H2,1H3,(H,15,19)(H,17,18). The van der Waals surface area contributed by atoms with Gasteiger partial charge in [0.05, 0.1) is 18.2 Å². The first kappa shape index (κ1) is 15.5. The van der Waals surface area contributed by atoms with Crippen LogP contribution in [0.4, 0.5) is 10.5 Å². The van der Waals surface area contributed by atoms with Crippen LogP contribution in [0.3, 0.4) is 0 Å². The minimum absolute atomic E-state index is 0.172. The molecule has 0 aliphatic carbocycles. The molecule has 0 radical (unpaired) electrons. The molecule has 106 valence electrons. The van der Waals surface area contributed by atoms with Gasteiger partial charge in [0.2, 0.25) is 0 Å². The normalized spacial score (nSPS) is 9.60. The third kappa shape index (κ3) is 4.96. The lowest BCUT2D eigenvalue weighted by Crippen LogP contribution is -2.40. The Morgan fingerprint density at radius 2 is 2.05 bits per heavy atom. The van der Waals surface area contributed by atoms with Gasteiger partial charge < -0.3 is 20.1 Å². The Hall–Kier alpha value is -2.59. The average molecular weight is 277 g/mol. The van der Waals surface area contributed by atoms with Crippen molar-refractivity contribution in [3.05, 3.63) is 29.8 Å². The van der Waals surface area contributed by atoms with Gasteiger partial charge in [-0.15, -0.1) is 0 Å². The van der Waals surface area contributed by atoms with Gasteiger partial charge in [0.15, 0.2) is 0 Å². The number of benzene rings is 1. The van der Waals surface area contributed by atoms with Crippen LogP contribution in [0.2, 0.25) is 0 Å². The molecule has 0 spiro atoms. The fraction of sp³-hybridized carbons (Fsp3) is 0.308. The number of hydrogen-bond acceptors (Lipinski definition) is 4. The SMILES string of the molecule is COCCN(CC(=O)O)C(=O)Nc1ccc(C#N)cc1. The van der Waals surface area contributed by atoms with Crippen molar-refractivity contribution in [1.29, 1.82) is 5.26 Å². The molecule has 0 heterocycles. The Labute approximate surface area is 116 Å². The number of carbonyl (C=O) groups excluding carboxylic acids is 1. The van der Waals surface area contributed by atoms with Crippen LogP contribution in [0.5, 0.6) is 0 Å². The number of methoxy groups -OCH3 is 1. The summed E-state index contributed by atoms with van der Waals surface area (Å²) in [6, 6.07) is 7.71. The molecule has 20 heavy (non-hydrogen) atoms. The van der Waals surface area contributed by atoms with Gasteiger partial charge in [-0.2, -0.15) is 5.26 Å². The van der Waals surface area contributed by atoms with E-state index in [9.17, 15) is 9.59 Å². The highest BCUT2D eigenvalue weighted by molar-refractivity contribution is 5.91. The van der Waals surface area contributed by atoms with Crippen LogP contribution in [0.25, 0.3) is 0 Å². The number of rotatable bonds is 6. The van der Waals surface area contributed by atoms with Gasteiger partial charge in [-0.25, -0.2) is 4.79 Å². The molecular weight excluding hydrogens is 262 g/mol. The molecule has 0 unspecified atom stereocenters. The number of amides is 2. The predicted molar refractivity (Wildman–Crippen MR) is 71.3 cm³/mol. The summed E-state index contributed by atoms with van der Waals surface area (Å²) in [5, 5.41) is 20.0. The van der Waals surface area contributed by atoms with Crippen molar-refractivity contribution in [2.24, 2.45) is 0 Å². The van der Waals surface area contributed by atoms with Crippen LogP contribution in [0.15, 0.2) is 24.3 Å². The van der Waals surface area contributed by atoms with Crippen LogP contribution in [-0.4, -0.2) is 48.8 Å². The summed E-state index contributed by atoms with van der Waals surface area (Å²) in [7, 11) is 1.47. The number of carboxylic acid groups (broad SMARTS) is 1. The lowest BCUT2D eigenvalue weighted by Gasteiger charge is -2.20. The highest BCUT2D eigenvalue weighted by atomic mass is 16.5. The molecule has 0 atom stereocenters. The Kier molecular flexibility index (Phi) is 6.00. The molecule has 2 N–H and O–H groups in total. The molecule has 7 nitrogen and oxygen atoms in total. The van der Waals surface area contributed by atoms with Crippen molar-refractivity contribution in [3.63, 3.8) is 0 Å². The molecule has 0 fully saturated rings. The van der Waals surface area contributed by atoms with Gasteiger partial charge in [-0.3, -0.25) is 4.79 Å². The molecule has 0 saturated heterocycles. The molecule has 1 rings (SSSR count). The zero-order valence-electron chi connectivity index (χ0n) is 11.0. The Morgan fingerprint density at radius 3 is 2.55 bits per heavy atom. The Balaban J connectivity index is 2.68. The second-order valence-electron chi connectivity index (χ2n) is 3.93. The first-order chi connectivity index (χ1) is 9.56. The first-order valence-electron chi connectivity index (χ1n) is 5.83.